The van der Waals surface area contributed by atoms with Gasteiger partial charge in [-0.1, -0.05) is 12.1 Å². The number of hydrogen-bond acceptors (Lipinski definition) is 5. The molecule has 1 aromatic heterocycles. The molecule has 40 heavy (non-hydrogen) atoms. The first-order chi connectivity index (χ1) is 18.9. The Hall–Kier alpha value is -4.73. The monoisotopic (exact) mass is 556 g/mol. The Morgan fingerprint density at radius 1 is 1.07 bits per heavy atom. The molecule has 0 spiro atoms. The molecule has 2 aromatic carbocycles. The summed E-state index contributed by atoms with van der Waals surface area (Å²) in [4.78, 5) is 38.3. The fourth-order valence-electron chi connectivity index (χ4n) is 4.36. The van der Waals surface area contributed by atoms with Gasteiger partial charge in [0.05, 0.1) is 37.0 Å². The molecule has 0 saturated carbocycles. The molecule has 3 amide bonds. The number of benzene rings is 2. The maximum atomic E-state index is 13.6. The van der Waals surface area contributed by atoms with Crippen LogP contribution in [-0.2, 0) is 17.9 Å². The van der Waals surface area contributed by atoms with Gasteiger partial charge in [-0.2, -0.15) is 10.4 Å². The Balaban J connectivity index is 1.35. The number of carbonyl (C=O) groups excluding carboxylic acids is 3. The average Bonchev–Trinajstić information content (AvgIpc) is 3.43. The fraction of sp³-hybridized carbons (Fsp3) is 0.296. The maximum Gasteiger partial charge on any atom is 0.268 e. The van der Waals surface area contributed by atoms with Crippen molar-refractivity contribution < 1.29 is 31.9 Å². The van der Waals surface area contributed by atoms with Gasteiger partial charge in [0.2, 0.25) is 5.91 Å². The fourth-order valence-corrected chi connectivity index (χ4v) is 4.36. The molecule has 2 heterocycles. The summed E-state index contributed by atoms with van der Waals surface area (Å²) in [7, 11) is 0. The minimum Gasteiger partial charge on any atom is -0.348 e. The van der Waals surface area contributed by atoms with Crippen molar-refractivity contribution in [2.45, 2.75) is 38.4 Å². The second-order valence-electron chi connectivity index (χ2n) is 9.40. The van der Waals surface area contributed by atoms with Crippen molar-refractivity contribution in [3.05, 3.63) is 88.2 Å². The smallest absolute Gasteiger partial charge is 0.268 e. The zero-order valence-corrected chi connectivity index (χ0v) is 21.3. The van der Waals surface area contributed by atoms with Gasteiger partial charge in [-0.05, 0) is 42.3 Å². The van der Waals surface area contributed by atoms with Gasteiger partial charge in [0, 0.05) is 30.8 Å². The van der Waals surface area contributed by atoms with Crippen LogP contribution in [0.2, 0.25) is 0 Å². The highest BCUT2D eigenvalue weighted by Gasteiger charge is 2.47. The van der Waals surface area contributed by atoms with Gasteiger partial charge < -0.3 is 15.5 Å². The van der Waals surface area contributed by atoms with E-state index >= 15 is 0 Å². The molecule has 1 atom stereocenters. The van der Waals surface area contributed by atoms with Crippen LogP contribution in [0.1, 0.15) is 44.0 Å². The first kappa shape index (κ1) is 28.3. The largest absolute Gasteiger partial charge is 0.348 e. The predicted molar refractivity (Wildman–Crippen MR) is 133 cm³/mol. The molecule has 0 bridgehead atoms. The molecular formula is C27H24F4N6O3. The minimum atomic E-state index is -3.16. The molecule has 1 saturated heterocycles. The van der Waals surface area contributed by atoms with Crippen LogP contribution in [0.15, 0.2) is 48.7 Å². The zero-order chi connectivity index (χ0) is 29.0. The van der Waals surface area contributed by atoms with E-state index in [0.717, 1.165) is 23.1 Å². The van der Waals surface area contributed by atoms with E-state index in [4.69, 9.17) is 5.26 Å². The van der Waals surface area contributed by atoms with Crippen LogP contribution in [-0.4, -0.2) is 57.5 Å². The number of amides is 3. The molecule has 1 aliphatic heterocycles. The van der Waals surface area contributed by atoms with Gasteiger partial charge in [-0.3, -0.25) is 19.1 Å². The van der Waals surface area contributed by atoms with Crippen molar-refractivity contribution in [1.29, 1.82) is 5.26 Å². The Kier molecular flexibility index (Phi) is 8.18. The predicted octanol–water partition coefficient (Wildman–Crippen LogP) is 2.94. The van der Waals surface area contributed by atoms with Crippen molar-refractivity contribution in [2.75, 3.05) is 13.1 Å². The number of nitrogens with one attached hydrogen (secondary N) is 2. The van der Waals surface area contributed by atoms with E-state index in [1.807, 2.05) is 0 Å². The third-order valence-electron chi connectivity index (χ3n) is 6.24. The molecular weight excluding hydrogens is 532 g/mol. The highest BCUT2D eigenvalue weighted by Crippen LogP contribution is 2.31. The van der Waals surface area contributed by atoms with E-state index in [2.05, 4.69) is 15.7 Å². The van der Waals surface area contributed by atoms with Crippen LogP contribution in [0.3, 0.4) is 0 Å². The molecule has 0 radical (unpaired) electrons. The average molecular weight is 557 g/mol. The summed E-state index contributed by atoms with van der Waals surface area (Å²) in [5.41, 5.74) is 1.76. The molecule has 3 aromatic rings. The number of carbonyl (C=O) groups is 3. The molecule has 0 aliphatic carbocycles. The Morgan fingerprint density at radius 2 is 1.80 bits per heavy atom. The third kappa shape index (κ3) is 6.82. The first-order valence-electron chi connectivity index (χ1n) is 12.2. The summed E-state index contributed by atoms with van der Waals surface area (Å²) in [6.07, 6.45) is 0.702. The molecule has 208 valence electrons. The number of rotatable bonds is 8. The van der Waals surface area contributed by atoms with E-state index in [9.17, 15) is 31.9 Å². The van der Waals surface area contributed by atoms with Crippen molar-refractivity contribution in [2.24, 2.45) is 0 Å². The number of nitrogens with zero attached hydrogens (tertiary/aromatic N) is 4. The third-order valence-corrected chi connectivity index (χ3v) is 6.24. The van der Waals surface area contributed by atoms with E-state index < -0.39 is 60.8 Å². The normalized spacial score (nSPS) is 15.9. The van der Waals surface area contributed by atoms with Crippen LogP contribution < -0.4 is 10.6 Å². The van der Waals surface area contributed by atoms with Crippen LogP contribution >= 0.6 is 0 Å². The van der Waals surface area contributed by atoms with E-state index in [0.29, 0.717) is 16.8 Å². The second kappa shape index (κ2) is 11.6. The summed E-state index contributed by atoms with van der Waals surface area (Å²) >= 11 is 0. The molecule has 1 aliphatic rings. The Labute approximate surface area is 226 Å². The SMILES string of the molecule is Cc1nn(Cc2cccc(C(=O)NCc3cc(F)cc(F)c3)c2)cc1C(=O)NCC(=O)N1CC(F)(F)C[C@H]1C#N. The van der Waals surface area contributed by atoms with Gasteiger partial charge in [0.25, 0.3) is 17.7 Å². The molecule has 13 heteroatoms. The topological polar surface area (TPSA) is 120 Å². The number of hydrogen-bond donors (Lipinski definition) is 2. The summed E-state index contributed by atoms with van der Waals surface area (Å²) in [5, 5.41) is 18.3. The number of nitriles is 1. The van der Waals surface area contributed by atoms with E-state index in [-0.39, 0.29) is 24.2 Å². The Bertz CT molecular complexity index is 1480. The van der Waals surface area contributed by atoms with Crippen molar-refractivity contribution in [1.82, 2.24) is 25.3 Å². The molecule has 2 N–H and O–H groups in total. The standard InChI is InChI=1S/C27H24F4N6O3/c1-16-23(26(40)34-12-24(38)37-15-27(30,31)9-22(37)10-32)14-36(35-16)13-17-3-2-4-19(5-17)25(39)33-11-18-6-20(28)8-21(29)7-18/h2-8,14,22H,9,11-13,15H2,1H3,(H,33,39)(H,34,40)/t22-/m0/s1. The highest BCUT2D eigenvalue weighted by atomic mass is 19.3. The van der Waals surface area contributed by atoms with Crippen molar-refractivity contribution >= 4 is 17.7 Å². The van der Waals surface area contributed by atoms with Gasteiger partial charge in [0.1, 0.15) is 17.7 Å². The first-order valence-corrected chi connectivity index (χ1v) is 12.2. The number of aromatic nitrogens is 2. The quantitative estimate of drug-likeness (QED) is 0.414. The summed E-state index contributed by atoms with van der Waals surface area (Å²) in [6.45, 7) is 0.262. The summed E-state index contributed by atoms with van der Waals surface area (Å²) in [5.74, 6) is -6.54. The van der Waals surface area contributed by atoms with Gasteiger partial charge >= 0.3 is 0 Å². The van der Waals surface area contributed by atoms with Crippen molar-refractivity contribution in [3.8, 4) is 6.07 Å². The number of likely N-dealkylation sites (tertiary alicyclic amines) is 1. The molecule has 9 nitrogen and oxygen atoms in total. The zero-order valence-electron chi connectivity index (χ0n) is 21.3. The lowest BCUT2D eigenvalue weighted by molar-refractivity contribution is -0.131. The van der Waals surface area contributed by atoms with Crippen LogP contribution in [0.25, 0.3) is 0 Å². The second-order valence-corrected chi connectivity index (χ2v) is 9.40. The number of alkyl halides is 2. The summed E-state index contributed by atoms with van der Waals surface area (Å²) in [6, 6.07) is 9.98. The number of aryl methyl sites for hydroxylation is 1. The van der Waals surface area contributed by atoms with Gasteiger partial charge in [-0.25, -0.2) is 17.6 Å². The molecule has 1 fully saturated rings. The Morgan fingerprint density at radius 3 is 2.50 bits per heavy atom. The van der Waals surface area contributed by atoms with Crippen LogP contribution in [0.4, 0.5) is 17.6 Å². The van der Waals surface area contributed by atoms with Crippen LogP contribution in [0, 0.1) is 29.9 Å². The van der Waals surface area contributed by atoms with Crippen molar-refractivity contribution in [3.63, 3.8) is 0 Å². The maximum absolute atomic E-state index is 13.6. The molecule has 0 unspecified atom stereocenters. The van der Waals surface area contributed by atoms with E-state index in [1.54, 1.807) is 37.3 Å². The minimum absolute atomic E-state index is 0.0750. The molecule has 4 rings (SSSR count). The summed E-state index contributed by atoms with van der Waals surface area (Å²) < 4.78 is 55.4. The lowest BCUT2D eigenvalue weighted by Crippen LogP contribution is -2.43. The van der Waals surface area contributed by atoms with E-state index in [1.165, 1.54) is 10.9 Å². The van der Waals surface area contributed by atoms with Gasteiger partial charge in [-0.15, -0.1) is 0 Å². The van der Waals surface area contributed by atoms with Gasteiger partial charge in [0.15, 0.2) is 0 Å². The lowest BCUT2D eigenvalue weighted by atomic mass is 10.1. The number of halogens is 4. The lowest BCUT2D eigenvalue weighted by Gasteiger charge is -2.19. The van der Waals surface area contributed by atoms with Crippen LogP contribution in [0.5, 0.6) is 0 Å². The highest BCUT2D eigenvalue weighted by molar-refractivity contribution is 5.97.